The third kappa shape index (κ3) is 3.99. The lowest BCUT2D eigenvalue weighted by Crippen LogP contribution is -2.33. The van der Waals surface area contributed by atoms with Crippen LogP contribution in [0.1, 0.15) is 21.3 Å². The SMILES string of the molecule is COc1cc(OC)c(C2SCCN2C(=O)c2cc3cc(Br)ccc3oc2=O)cc1OC. The van der Waals surface area contributed by atoms with Gasteiger partial charge in [0.15, 0.2) is 11.5 Å². The molecule has 4 rings (SSSR count). The van der Waals surface area contributed by atoms with Gasteiger partial charge in [-0.3, -0.25) is 4.79 Å². The van der Waals surface area contributed by atoms with Crippen molar-refractivity contribution in [1.82, 2.24) is 4.90 Å². The molecule has 1 unspecified atom stereocenters. The molecule has 0 bridgehead atoms. The lowest BCUT2D eigenvalue weighted by molar-refractivity contribution is 0.0755. The van der Waals surface area contributed by atoms with Gasteiger partial charge in [0.1, 0.15) is 22.3 Å². The maximum absolute atomic E-state index is 13.4. The van der Waals surface area contributed by atoms with Gasteiger partial charge in [0.05, 0.1) is 21.3 Å². The molecule has 3 aromatic rings. The van der Waals surface area contributed by atoms with Crippen molar-refractivity contribution in [3.05, 3.63) is 62.4 Å². The topological polar surface area (TPSA) is 78.2 Å². The van der Waals surface area contributed by atoms with E-state index in [1.165, 1.54) is 0 Å². The lowest BCUT2D eigenvalue weighted by Gasteiger charge is -2.26. The molecule has 2 aromatic carbocycles. The molecule has 1 amide bonds. The van der Waals surface area contributed by atoms with Crippen LogP contribution in [0.4, 0.5) is 0 Å². The zero-order valence-corrected chi connectivity index (χ0v) is 19.5. The van der Waals surface area contributed by atoms with Crippen molar-refractivity contribution in [3.8, 4) is 17.2 Å². The van der Waals surface area contributed by atoms with Crippen LogP contribution in [0.5, 0.6) is 17.2 Å². The van der Waals surface area contributed by atoms with Crippen LogP contribution in [-0.4, -0.2) is 44.4 Å². The molecule has 0 spiro atoms. The summed E-state index contributed by atoms with van der Waals surface area (Å²) in [7, 11) is 4.66. The van der Waals surface area contributed by atoms with Crippen LogP contribution in [0.25, 0.3) is 11.0 Å². The summed E-state index contributed by atoms with van der Waals surface area (Å²) < 4.78 is 22.6. The molecule has 7 nitrogen and oxygen atoms in total. The van der Waals surface area contributed by atoms with Gasteiger partial charge >= 0.3 is 5.63 Å². The quantitative estimate of drug-likeness (QED) is 0.473. The Hall–Kier alpha value is -2.65. The van der Waals surface area contributed by atoms with Gasteiger partial charge in [0, 0.05) is 33.8 Å². The average molecular weight is 506 g/mol. The predicted octanol–water partition coefficient (Wildman–Crippen LogP) is 4.47. The van der Waals surface area contributed by atoms with Crippen molar-refractivity contribution in [2.45, 2.75) is 5.37 Å². The smallest absolute Gasteiger partial charge is 0.349 e. The maximum atomic E-state index is 13.4. The van der Waals surface area contributed by atoms with Gasteiger partial charge < -0.3 is 23.5 Å². The second-order valence-corrected chi connectivity index (χ2v) is 8.90. The predicted molar refractivity (Wildman–Crippen MR) is 123 cm³/mol. The number of ether oxygens (including phenoxy) is 3. The van der Waals surface area contributed by atoms with Crippen LogP contribution in [0, 0.1) is 0 Å². The Balaban J connectivity index is 1.76. The fourth-order valence-electron chi connectivity index (χ4n) is 3.58. The number of amides is 1. The number of thioether (sulfide) groups is 1. The Kier molecular flexibility index (Phi) is 6.15. The highest BCUT2D eigenvalue weighted by molar-refractivity contribution is 9.10. The molecule has 1 aliphatic rings. The second kappa shape index (κ2) is 8.84. The Bertz CT molecular complexity index is 1210. The molecule has 1 aliphatic heterocycles. The number of benzene rings is 2. The van der Waals surface area contributed by atoms with E-state index < -0.39 is 5.63 Å². The van der Waals surface area contributed by atoms with E-state index in [1.54, 1.807) is 68.3 Å². The van der Waals surface area contributed by atoms with Gasteiger partial charge in [-0.05, 0) is 30.3 Å². The molecule has 162 valence electrons. The summed E-state index contributed by atoms with van der Waals surface area (Å²) in [5, 5.41) is 0.323. The molecule has 1 atom stereocenters. The number of nitrogens with zero attached hydrogens (tertiary/aromatic N) is 1. The maximum Gasteiger partial charge on any atom is 0.349 e. The lowest BCUT2D eigenvalue weighted by atomic mass is 10.1. The van der Waals surface area contributed by atoms with Gasteiger partial charge in [0.2, 0.25) is 0 Å². The average Bonchev–Trinajstić information content (AvgIpc) is 3.27. The molecule has 1 saturated heterocycles. The summed E-state index contributed by atoms with van der Waals surface area (Å²) in [6.07, 6.45) is 0. The molecule has 2 heterocycles. The first-order valence-corrected chi connectivity index (χ1v) is 11.3. The first kappa shape index (κ1) is 21.6. The molecular weight excluding hydrogens is 486 g/mol. The number of fused-ring (bicyclic) bond motifs is 1. The molecule has 9 heteroatoms. The van der Waals surface area contributed by atoms with Crippen LogP contribution in [0.15, 0.2) is 50.1 Å². The van der Waals surface area contributed by atoms with E-state index in [9.17, 15) is 9.59 Å². The Labute approximate surface area is 191 Å². The van der Waals surface area contributed by atoms with Crippen molar-refractivity contribution in [1.29, 1.82) is 0 Å². The summed E-state index contributed by atoms with van der Waals surface area (Å²) in [4.78, 5) is 27.6. The number of halogens is 1. The molecule has 0 radical (unpaired) electrons. The van der Waals surface area contributed by atoms with Crippen LogP contribution < -0.4 is 19.8 Å². The normalized spacial score (nSPS) is 15.9. The third-order valence-corrected chi connectivity index (χ3v) is 6.81. The highest BCUT2D eigenvalue weighted by Gasteiger charge is 2.35. The Morgan fingerprint density at radius 2 is 1.77 bits per heavy atom. The monoisotopic (exact) mass is 505 g/mol. The van der Waals surface area contributed by atoms with Crippen molar-refractivity contribution in [2.75, 3.05) is 33.6 Å². The summed E-state index contributed by atoms with van der Waals surface area (Å²) >= 11 is 4.99. The van der Waals surface area contributed by atoms with Gasteiger partial charge in [-0.25, -0.2) is 4.79 Å². The van der Waals surface area contributed by atoms with E-state index in [1.807, 2.05) is 6.07 Å². The number of hydrogen-bond donors (Lipinski definition) is 0. The van der Waals surface area contributed by atoms with E-state index in [0.29, 0.717) is 34.8 Å². The number of rotatable bonds is 5. The number of methoxy groups -OCH3 is 3. The summed E-state index contributed by atoms with van der Waals surface area (Å²) in [5.74, 6) is 1.98. The zero-order valence-electron chi connectivity index (χ0n) is 17.1. The minimum atomic E-state index is -0.658. The van der Waals surface area contributed by atoms with Crippen LogP contribution in [-0.2, 0) is 0 Å². The summed E-state index contributed by atoms with van der Waals surface area (Å²) in [6.45, 7) is 0.488. The first-order chi connectivity index (χ1) is 15.0. The van der Waals surface area contributed by atoms with Crippen molar-refractivity contribution in [3.63, 3.8) is 0 Å². The molecule has 1 aromatic heterocycles. The van der Waals surface area contributed by atoms with E-state index in [-0.39, 0.29) is 16.8 Å². The molecule has 0 aliphatic carbocycles. The molecule has 0 saturated carbocycles. The molecule has 1 fully saturated rings. The first-order valence-electron chi connectivity index (χ1n) is 9.42. The van der Waals surface area contributed by atoms with E-state index in [2.05, 4.69) is 15.9 Å². The highest BCUT2D eigenvalue weighted by atomic mass is 79.9. The number of carbonyl (C=O) groups excluding carboxylic acids is 1. The molecular formula is C22H20BrNO6S. The van der Waals surface area contributed by atoms with E-state index in [0.717, 1.165) is 15.8 Å². The summed E-state index contributed by atoms with van der Waals surface area (Å²) in [6, 6.07) is 10.4. The van der Waals surface area contributed by atoms with Gasteiger partial charge in [-0.1, -0.05) is 15.9 Å². The van der Waals surface area contributed by atoms with Crippen molar-refractivity contribution < 1.29 is 23.4 Å². The van der Waals surface area contributed by atoms with Gasteiger partial charge in [0.25, 0.3) is 5.91 Å². The number of hydrogen-bond acceptors (Lipinski definition) is 7. The Morgan fingerprint density at radius 3 is 2.48 bits per heavy atom. The molecule has 0 N–H and O–H groups in total. The zero-order chi connectivity index (χ0) is 22.1. The van der Waals surface area contributed by atoms with Crippen LogP contribution >= 0.6 is 27.7 Å². The minimum absolute atomic E-state index is 0.00227. The Morgan fingerprint density at radius 1 is 1.06 bits per heavy atom. The van der Waals surface area contributed by atoms with E-state index in [4.69, 9.17) is 18.6 Å². The van der Waals surface area contributed by atoms with Crippen LogP contribution in [0.2, 0.25) is 0 Å². The second-order valence-electron chi connectivity index (χ2n) is 6.80. The molecule has 31 heavy (non-hydrogen) atoms. The number of carbonyl (C=O) groups is 1. The fourth-order valence-corrected chi connectivity index (χ4v) is 5.23. The van der Waals surface area contributed by atoms with Crippen molar-refractivity contribution >= 4 is 44.6 Å². The third-order valence-electron chi connectivity index (χ3n) is 5.08. The van der Waals surface area contributed by atoms with E-state index >= 15 is 0 Å². The van der Waals surface area contributed by atoms with Gasteiger partial charge in [-0.2, -0.15) is 0 Å². The van der Waals surface area contributed by atoms with Gasteiger partial charge in [-0.15, -0.1) is 11.8 Å². The fraction of sp³-hybridized carbons (Fsp3) is 0.273. The summed E-state index contributed by atoms with van der Waals surface area (Å²) in [5.41, 5.74) is 0.537. The standard InChI is InChI=1S/C22H20BrNO6S/c1-27-17-11-19(29-3)18(28-2)10-14(17)21-24(6-7-31-21)20(25)15-9-12-8-13(23)4-5-16(12)30-22(15)26/h4-5,8-11,21H,6-7H2,1-3H3. The largest absolute Gasteiger partial charge is 0.496 e. The van der Waals surface area contributed by atoms with Crippen LogP contribution in [0.3, 0.4) is 0 Å². The highest BCUT2D eigenvalue weighted by Crippen LogP contribution is 2.46. The minimum Gasteiger partial charge on any atom is -0.496 e. The van der Waals surface area contributed by atoms with Crippen molar-refractivity contribution in [2.24, 2.45) is 0 Å².